The lowest BCUT2D eigenvalue weighted by Crippen LogP contribution is -2.29. The first-order valence-corrected chi connectivity index (χ1v) is 7.10. The Balaban J connectivity index is 2.49. The molecule has 2 nitrogen and oxygen atoms in total. The lowest BCUT2D eigenvalue weighted by atomic mass is 9.95. The topological polar surface area (TPSA) is 38.0 Å². The molecule has 0 aliphatic heterocycles. The van der Waals surface area contributed by atoms with Crippen LogP contribution in [0, 0.1) is 20.8 Å². The van der Waals surface area contributed by atoms with Crippen LogP contribution in [0.25, 0.3) is 0 Å². The largest absolute Gasteiger partial charge is 0.271 e. The van der Waals surface area contributed by atoms with Crippen LogP contribution in [-0.2, 0) is 0 Å². The molecule has 0 aliphatic carbocycles. The summed E-state index contributed by atoms with van der Waals surface area (Å²) in [5, 5.41) is 0. The molecular weight excluding hydrogens is 300 g/mol. The van der Waals surface area contributed by atoms with Gasteiger partial charge in [0.15, 0.2) is 0 Å². The molecule has 100 valence electrons. The van der Waals surface area contributed by atoms with E-state index in [9.17, 15) is 0 Å². The second-order valence-corrected chi connectivity index (χ2v) is 6.00. The molecule has 0 bridgehead atoms. The Morgan fingerprint density at radius 2 is 1.32 bits per heavy atom. The third-order valence-corrected chi connectivity index (χ3v) is 3.60. The summed E-state index contributed by atoms with van der Waals surface area (Å²) >= 11 is 3.54. The highest BCUT2D eigenvalue weighted by Crippen LogP contribution is 2.26. The fraction of sp³-hybridized carbons (Fsp3) is 0.250. The van der Waals surface area contributed by atoms with Crippen molar-refractivity contribution >= 4 is 15.9 Å². The lowest BCUT2D eigenvalue weighted by molar-refractivity contribution is 0.635. The molecule has 1 atom stereocenters. The van der Waals surface area contributed by atoms with Crippen molar-refractivity contribution in [1.82, 2.24) is 5.43 Å². The number of nitrogens with two attached hydrogens (primary N) is 1. The number of nitrogens with one attached hydrogen (secondary N) is 1. The quantitative estimate of drug-likeness (QED) is 0.664. The molecule has 0 heterocycles. The SMILES string of the molecule is Cc1cc(C)cc(C(NN)c2cc(C)cc(Br)c2)c1. The van der Waals surface area contributed by atoms with Crippen LogP contribution < -0.4 is 11.3 Å². The fourth-order valence-corrected chi connectivity index (χ4v) is 3.12. The number of rotatable bonds is 3. The summed E-state index contributed by atoms with van der Waals surface area (Å²) in [5.41, 5.74) is 9.00. The molecule has 0 radical (unpaired) electrons. The van der Waals surface area contributed by atoms with E-state index in [-0.39, 0.29) is 6.04 Å². The molecule has 2 rings (SSSR count). The van der Waals surface area contributed by atoms with Gasteiger partial charge in [-0.05, 0) is 49.6 Å². The van der Waals surface area contributed by atoms with Gasteiger partial charge in [-0.3, -0.25) is 5.84 Å². The molecule has 2 aromatic carbocycles. The van der Waals surface area contributed by atoms with Gasteiger partial charge in [-0.2, -0.15) is 0 Å². The zero-order valence-electron chi connectivity index (χ0n) is 11.5. The number of benzene rings is 2. The van der Waals surface area contributed by atoms with E-state index in [1.165, 1.54) is 27.8 Å². The third kappa shape index (κ3) is 3.44. The van der Waals surface area contributed by atoms with Gasteiger partial charge < -0.3 is 0 Å². The number of hydrogen-bond acceptors (Lipinski definition) is 2. The second kappa shape index (κ2) is 5.87. The Bertz CT molecular complexity index is 501. The first-order chi connectivity index (χ1) is 8.99. The van der Waals surface area contributed by atoms with Crippen molar-refractivity contribution in [2.24, 2.45) is 5.84 Å². The van der Waals surface area contributed by atoms with Gasteiger partial charge in [-0.1, -0.05) is 51.3 Å². The van der Waals surface area contributed by atoms with E-state index >= 15 is 0 Å². The maximum atomic E-state index is 5.77. The number of aryl methyl sites for hydroxylation is 3. The fourth-order valence-electron chi connectivity index (χ4n) is 2.49. The van der Waals surface area contributed by atoms with E-state index in [4.69, 9.17) is 5.84 Å². The highest BCUT2D eigenvalue weighted by atomic mass is 79.9. The van der Waals surface area contributed by atoms with Crippen molar-refractivity contribution in [3.8, 4) is 0 Å². The predicted molar refractivity (Wildman–Crippen MR) is 84.0 cm³/mol. The maximum absolute atomic E-state index is 5.77. The van der Waals surface area contributed by atoms with Crippen molar-refractivity contribution in [3.05, 3.63) is 68.7 Å². The summed E-state index contributed by atoms with van der Waals surface area (Å²) in [6, 6.07) is 12.9. The average molecular weight is 319 g/mol. The van der Waals surface area contributed by atoms with E-state index in [0.29, 0.717) is 0 Å². The molecule has 0 aliphatic rings. The summed E-state index contributed by atoms with van der Waals surface area (Å²) in [5.74, 6) is 5.77. The van der Waals surface area contributed by atoms with Crippen LogP contribution in [0.5, 0.6) is 0 Å². The van der Waals surface area contributed by atoms with Gasteiger partial charge in [0.1, 0.15) is 0 Å². The van der Waals surface area contributed by atoms with Gasteiger partial charge in [0.05, 0.1) is 6.04 Å². The summed E-state index contributed by atoms with van der Waals surface area (Å²) in [7, 11) is 0. The summed E-state index contributed by atoms with van der Waals surface area (Å²) in [6.45, 7) is 6.30. The van der Waals surface area contributed by atoms with Crippen molar-refractivity contribution in [1.29, 1.82) is 0 Å². The monoisotopic (exact) mass is 318 g/mol. The van der Waals surface area contributed by atoms with Crippen LogP contribution >= 0.6 is 15.9 Å². The van der Waals surface area contributed by atoms with Gasteiger partial charge in [0.2, 0.25) is 0 Å². The highest BCUT2D eigenvalue weighted by Gasteiger charge is 2.14. The van der Waals surface area contributed by atoms with Crippen LogP contribution in [0.15, 0.2) is 40.9 Å². The Morgan fingerprint density at radius 1 is 0.842 bits per heavy atom. The average Bonchev–Trinajstić information content (AvgIpc) is 2.27. The summed E-state index contributed by atoms with van der Waals surface area (Å²) < 4.78 is 1.08. The minimum atomic E-state index is 0.00907. The van der Waals surface area contributed by atoms with Gasteiger partial charge in [0, 0.05) is 4.47 Å². The minimum Gasteiger partial charge on any atom is -0.271 e. The highest BCUT2D eigenvalue weighted by molar-refractivity contribution is 9.10. The molecule has 19 heavy (non-hydrogen) atoms. The molecule has 0 saturated carbocycles. The lowest BCUT2D eigenvalue weighted by Gasteiger charge is -2.19. The van der Waals surface area contributed by atoms with Gasteiger partial charge >= 0.3 is 0 Å². The molecule has 0 fully saturated rings. The zero-order chi connectivity index (χ0) is 14.0. The molecule has 3 N–H and O–H groups in total. The van der Waals surface area contributed by atoms with E-state index in [1.54, 1.807) is 0 Å². The van der Waals surface area contributed by atoms with Crippen molar-refractivity contribution in [2.75, 3.05) is 0 Å². The molecule has 0 aromatic heterocycles. The summed E-state index contributed by atoms with van der Waals surface area (Å²) in [6.07, 6.45) is 0. The minimum absolute atomic E-state index is 0.00907. The normalized spacial score (nSPS) is 12.5. The van der Waals surface area contributed by atoms with Gasteiger partial charge in [-0.15, -0.1) is 0 Å². The van der Waals surface area contributed by atoms with Crippen LogP contribution in [0.2, 0.25) is 0 Å². The first-order valence-electron chi connectivity index (χ1n) is 6.31. The van der Waals surface area contributed by atoms with Crippen molar-refractivity contribution in [3.63, 3.8) is 0 Å². The summed E-state index contributed by atoms with van der Waals surface area (Å²) in [4.78, 5) is 0. The number of hydrogen-bond donors (Lipinski definition) is 2. The molecule has 0 amide bonds. The first kappa shape index (κ1) is 14.3. The van der Waals surface area contributed by atoms with Crippen LogP contribution in [0.4, 0.5) is 0 Å². The zero-order valence-corrected chi connectivity index (χ0v) is 13.1. The van der Waals surface area contributed by atoms with E-state index in [0.717, 1.165) is 4.47 Å². The van der Waals surface area contributed by atoms with Gasteiger partial charge in [-0.25, -0.2) is 5.43 Å². The molecule has 2 aromatic rings. The Labute approximate surface area is 123 Å². The Morgan fingerprint density at radius 3 is 1.79 bits per heavy atom. The van der Waals surface area contributed by atoms with Gasteiger partial charge in [0.25, 0.3) is 0 Å². The van der Waals surface area contributed by atoms with Crippen molar-refractivity contribution in [2.45, 2.75) is 26.8 Å². The molecule has 0 saturated heterocycles. The van der Waals surface area contributed by atoms with E-state index in [2.05, 4.69) is 78.5 Å². The maximum Gasteiger partial charge on any atom is 0.0710 e. The van der Waals surface area contributed by atoms with Crippen molar-refractivity contribution < 1.29 is 0 Å². The van der Waals surface area contributed by atoms with E-state index in [1.807, 2.05) is 0 Å². The Kier molecular flexibility index (Phi) is 4.40. The molecule has 0 spiro atoms. The standard InChI is InChI=1S/C16H19BrN2/c1-10-4-11(2)6-13(5-10)16(19-18)14-7-12(3)8-15(17)9-14/h4-9,16,19H,18H2,1-3H3. The predicted octanol–water partition coefficient (Wildman–Crippen LogP) is 3.93. The Hall–Kier alpha value is -1.16. The molecular formula is C16H19BrN2. The smallest absolute Gasteiger partial charge is 0.0710 e. The third-order valence-electron chi connectivity index (χ3n) is 3.14. The molecule has 3 heteroatoms. The van der Waals surface area contributed by atoms with Crippen LogP contribution in [0.3, 0.4) is 0 Å². The number of halogens is 1. The second-order valence-electron chi connectivity index (χ2n) is 5.08. The number of hydrazine groups is 1. The van der Waals surface area contributed by atoms with Crippen LogP contribution in [0.1, 0.15) is 33.9 Å². The van der Waals surface area contributed by atoms with Crippen LogP contribution in [-0.4, -0.2) is 0 Å². The molecule has 1 unspecified atom stereocenters. The van der Waals surface area contributed by atoms with E-state index < -0.39 is 0 Å².